The minimum absolute atomic E-state index is 0.0340. The molecule has 29 heavy (non-hydrogen) atoms. The topological polar surface area (TPSA) is 105 Å². The third kappa shape index (κ3) is 4.08. The van der Waals surface area contributed by atoms with Gasteiger partial charge < -0.3 is 14.8 Å². The van der Waals surface area contributed by atoms with Crippen LogP contribution in [0.4, 0.5) is 5.69 Å². The second kappa shape index (κ2) is 7.95. The number of hydrogen-bond donors (Lipinski definition) is 2. The Kier molecular flexibility index (Phi) is 5.20. The van der Waals surface area contributed by atoms with Crippen molar-refractivity contribution < 1.29 is 19.6 Å². The SMILES string of the molecule is O=C(O)CCc1cc(-c2ccc3[nH]ccc3c2)c(OC2CCCC2)c([N+](=O)[O-])c1. The van der Waals surface area contributed by atoms with Crippen LogP contribution >= 0.6 is 0 Å². The van der Waals surface area contributed by atoms with E-state index in [2.05, 4.69) is 4.98 Å². The summed E-state index contributed by atoms with van der Waals surface area (Å²) in [7, 11) is 0. The molecule has 2 N–H and O–H groups in total. The average molecular weight is 394 g/mol. The summed E-state index contributed by atoms with van der Waals surface area (Å²) in [6, 6.07) is 11.0. The van der Waals surface area contributed by atoms with Gasteiger partial charge in [0.25, 0.3) is 0 Å². The molecule has 0 spiro atoms. The van der Waals surface area contributed by atoms with Gasteiger partial charge in [-0.25, -0.2) is 0 Å². The molecule has 1 heterocycles. The molecule has 1 saturated carbocycles. The first-order chi connectivity index (χ1) is 14.0. The average Bonchev–Trinajstić information content (AvgIpc) is 3.37. The molecule has 1 fully saturated rings. The first-order valence-corrected chi connectivity index (χ1v) is 9.78. The molecule has 7 nitrogen and oxygen atoms in total. The fraction of sp³-hybridized carbons (Fsp3) is 0.318. The number of aromatic nitrogens is 1. The Balaban J connectivity index is 1.85. The fourth-order valence-corrected chi connectivity index (χ4v) is 3.93. The summed E-state index contributed by atoms with van der Waals surface area (Å²) >= 11 is 0. The Labute approximate surface area is 167 Å². The van der Waals surface area contributed by atoms with E-state index in [0.29, 0.717) is 11.1 Å². The molecule has 0 bridgehead atoms. The Hall–Kier alpha value is -3.35. The minimum Gasteiger partial charge on any atom is -0.483 e. The van der Waals surface area contributed by atoms with Crippen LogP contribution in [0.25, 0.3) is 22.0 Å². The van der Waals surface area contributed by atoms with Gasteiger partial charge in [0.1, 0.15) is 0 Å². The van der Waals surface area contributed by atoms with Crippen molar-refractivity contribution in [3.63, 3.8) is 0 Å². The zero-order chi connectivity index (χ0) is 20.4. The van der Waals surface area contributed by atoms with Crippen molar-refractivity contribution in [2.75, 3.05) is 0 Å². The number of ether oxygens (including phenoxy) is 1. The molecule has 0 aliphatic heterocycles. The van der Waals surface area contributed by atoms with Crippen LogP contribution in [0, 0.1) is 10.1 Å². The van der Waals surface area contributed by atoms with Crippen LogP contribution in [-0.4, -0.2) is 27.1 Å². The lowest BCUT2D eigenvalue weighted by Crippen LogP contribution is -2.13. The maximum Gasteiger partial charge on any atom is 0.311 e. The molecular formula is C22H22N2O5. The first kappa shape index (κ1) is 19.0. The van der Waals surface area contributed by atoms with E-state index in [9.17, 15) is 14.9 Å². The predicted molar refractivity (Wildman–Crippen MR) is 109 cm³/mol. The smallest absolute Gasteiger partial charge is 0.311 e. The third-order valence-electron chi connectivity index (χ3n) is 5.40. The van der Waals surface area contributed by atoms with Crippen LogP contribution in [-0.2, 0) is 11.2 Å². The Morgan fingerprint density at radius 1 is 1.21 bits per heavy atom. The summed E-state index contributed by atoms with van der Waals surface area (Å²) in [4.78, 5) is 25.5. The van der Waals surface area contributed by atoms with Crippen molar-refractivity contribution in [3.05, 3.63) is 58.3 Å². The third-order valence-corrected chi connectivity index (χ3v) is 5.40. The molecule has 150 valence electrons. The maximum absolute atomic E-state index is 11.8. The van der Waals surface area contributed by atoms with Crippen molar-refractivity contribution in [3.8, 4) is 16.9 Å². The molecule has 1 aromatic heterocycles. The van der Waals surface area contributed by atoms with Crippen molar-refractivity contribution in [2.24, 2.45) is 0 Å². The lowest BCUT2D eigenvalue weighted by molar-refractivity contribution is -0.386. The minimum atomic E-state index is -0.936. The van der Waals surface area contributed by atoms with E-state index in [0.717, 1.165) is 42.1 Å². The molecule has 0 saturated heterocycles. The lowest BCUT2D eigenvalue weighted by atomic mass is 9.97. The number of nitro benzene ring substituents is 1. The molecule has 0 unspecified atom stereocenters. The Morgan fingerprint density at radius 2 is 2.00 bits per heavy atom. The number of H-pyrrole nitrogens is 1. The molecule has 7 heteroatoms. The number of rotatable bonds is 7. The maximum atomic E-state index is 11.8. The van der Waals surface area contributed by atoms with Crippen LogP contribution in [0.1, 0.15) is 37.7 Å². The number of nitrogens with zero attached hydrogens (tertiary/aromatic N) is 1. The van der Waals surface area contributed by atoms with Crippen molar-refractivity contribution in [1.82, 2.24) is 4.98 Å². The van der Waals surface area contributed by atoms with Crippen LogP contribution in [0.3, 0.4) is 0 Å². The van der Waals surface area contributed by atoms with Gasteiger partial charge in [0.2, 0.25) is 5.75 Å². The molecular weight excluding hydrogens is 372 g/mol. The zero-order valence-electron chi connectivity index (χ0n) is 15.9. The molecule has 1 aliphatic carbocycles. The van der Waals surface area contributed by atoms with Gasteiger partial charge in [-0.1, -0.05) is 6.07 Å². The van der Waals surface area contributed by atoms with E-state index in [1.165, 1.54) is 6.07 Å². The normalized spacial score (nSPS) is 14.3. The molecule has 4 rings (SSSR count). The Morgan fingerprint density at radius 3 is 2.72 bits per heavy atom. The van der Waals surface area contributed by atoms with Gasteiger partial charge in [0.05, 0.1) is 11.0 Å². The van der Waals surface area contributed by atoms with Crippen molar-refractivity contribution in [1.29, 1.82) is 0 Å². The van der Waals surface area contributed by atoms with Crippen LogP contribution < -0.4 is 4.74 Å². The summed E-state index contributed by atoms with van der Waals surface area (Å²) in [5.41, 5.74) is 2.93. The number of carbonyl (C=O) groups is 1. The van der Waals surface area contributed by atoms with E-state index < -0.39 is 10.9 Å². The van der Waals surface area contributed by atoms with E-state index in [-0.39, 0.29) is 30.4 Å². The van der Waals surface area contributed by atoms with Gasteiger partial charge in [-0.15, -0.1) is 0 Å². The van der Waals surface area contributed by atoms with Gasteiger partial charge >= 0.3 is 11.7 Å². The van der Waals surface area contributed by atoms with Gasteiger partial charge in [0, 0.05) is 29.8 Å². The summed E-state index contributed by atoms with van der Waals surface area (Å²) in [6.45, 7) is 0. The van der Waals surface area contributed by atoms with Crippen molar-refractivity contribution >= 4 is 22.6 Å². The number of hydrogen-bond acceptors (Lipinski definition) is 4. The highest BCUT2D eigenvalue weighted by Gasteiger charge is 2.27. The quantitative estimate of drug-likeness (QED) is 0.429. The molecule has 0 atom stereocenters. The standard InChI is InChI=1S/C22H22N2O5/c25-21(26)8-5-14-11-18(15-6-7-19-16(13-15)9-10-23-19)22(20(12-14)24(27)28)29-17-3-1-2-4-17/h6-7,9-13,17,23H,1-5,8H2,(H,25,26). The molecule has 0 radical (unpaired) electrons. The second-order valence-electron chi connectivity index (χ2n) is 7.45. The molecule has 1 aliphatic rings. The van der Waals surface area contributed by atoms with Gasteiger partial charge in [-0.05, 0) is 72.9 Å². The van der Waals surface area contributed by atoms with Gasteiger partial charge in [-0.2, -0.15) is 0 Å². The second-order valence-corrected chi connectivity index (χ2v) is 7.45. The van der Waals surface area contributed by atoms with Crippen LogP contribution in [0.2, 0.25) is 0 Å². The van der Waals surface area contributed by atoms with Gasteiger partial charge in [-0.3, -0.25) is 14.9 Å². The zero-order valence-corrected chi connectivity index (χ0v) is 15.9. The number of benzene rings is 2. The largest absolute Gasteiger partial charge is 0.483 e. The van der Waals surface area contributed by atoms with E-state index in [1.54, 1.807) is 0 Å². The summed E-state index contributed by atoms with van der Waals surface area (Å²) in [6.07, 6.45) is 5.82. The predicted octanol–water partition coefficient (Wildman–Crippen LogP) is 5.08. The highest BCUT2D eigenvalue weighted by molar-refractivity contribution is 5.87. The molecule has 3 aromatic rings. The number of carboxylic acid groups (broad SMARTS) is 1. The number of fused-ring (bicyclic) bond motifs is 1. The number of nitro groups is 1. The summed E-state index contributed by atoms with van der Waals surface area (Å²) < 4.78 is 6.16. The van der Waals surface area contributed by atoms with E-state index in [1.807, 2.05) is 36.5 Å². The van der Waals surface area contributed by atoms with Crippen molar-refractivity contribution in [2.45, 2.75) is 44.6 Å². The highest BCUT2D eigenvalue weighted by Crippen LogP contribution is 2.42. The van der Waals surface area contributed by atoms with E-state index >= 15 is 0 Å². The molecule has 0 amide bonds. The molecule has 2 aromatic carbocycles. The van der Waals surface area contributed by atoms with Gasteiger partial charge in [0.15, 0.2) is 0 Å². The number of aliphatic carboxylic acids is 1. The number of carboxylic acids is 1. The number of aromatic amines is 1. The fourth-order valence-electron chi connectivity index (χ4n) is 3.93. The monoisotopic (exact) mass is 394 g/mol. The van der Waals surface area contributed by atoms with E-state index in [4.69, 9.17) is 9.84 Å². The highest BCUT2D eigenvalue weighted by atomic mass is 16.6. The number of nitrogens with one attached hydrogen (secondary N) is 1. The first-order valence-electron chi connectivity index (χ1n) is 9.78. The number of aryl methyl sites for hydroxylation is 1. The summed E-state index contributed by atoms with van der Waals surface area (Å²) in [5.74, 6) is -0.662. The summed E-state index contributed by atoms with van der Waals surface area (Å²) in [5, 5.41) is 21.9. The lowest BCUT2D eigenvalue weighted by Gasteiger charge is -2.18. The van der Waals surface area contributed by atoms with Crippen LogP contribution in [0.15, 0.2) is 42.6 Å². The Bertz CT molecular complexity index is 1070. The van der Waals surface area contributed by atoms with Crippen LogP contribution in [0.5, 0.6) is 5.75 Å².